The van der Waals surface area contributed by atoms with Gasteiger partial charge in [-0.3, -0.25) is 4.79 Å². The van der Waals surface area contributed by atoms with E-state index in [0.717, 1.165) is 47.1 Å². The van der Waals surface area contributed by atoms with Crippen LogP contribution < -0.4 is 10.6 Å². The summed E-state index contributed by atoms with van der Waals surface area (Å²) < 4.78 is 2.42. The van der Waals surface area contributed by atoms with E-state index in [4.69, 9.17) is 0 Å². The third kappa shape index (κ3) is 3.54. The van der Waals surface area contributed by atoms with Gasteiger partial charge in [-0.25, -0.2) is 4.98 Å². The SMILES string of the molecule is CCn1c2c(c3cc(C(=O)NCc4ccc5cc(NC)ncc5c4)ccc31)CCCC2. The Morgan fingerprint density at radius 3 is 2.77 bits per heavy atom. The van der Waals surface area contributed by atoms with Crippen LogP contribution in [0.3, 0.4) is 0 Å². The van der Waals surface area contributed by atoms with Gasteiger partial charge in [0, 0.05) is 53.9 Å². The Labute approximate surface area is 182 Å². The lowest BCUT2D eigenvalue weighted by Gasteiger charge is -2.14. The molecule has 0 fully saturated rings. The highest BCUT2D eigenvalue weighted by Crippen LogP contribution is 2.32. The van der Waals surface area contributed by atoms with E-state index >= 15 is 0 Å². The Kier molecular flexibility index (Phi) is 5.10. The van der Waals surface area contributed by atoms with E-state index in [2.05, 4.69) is 57.4 Å². The van der Waals surface area contributed by atoms with Crippen molar-refractivity contribution in [3.8, 4) is 0 Å². The van der Waals surface area contributed by atoms with Gasteiger partial charge in [0.15, 0.2) is 0 Å². The number of aromatic nitrogens is 2. The fraction of sp³-hybridized carbons (Fsp3) is 0.308. The number of hydrogen-bond donors (Lipinski definition) is 2. The number of pyridine rings is 1. The van der Waals surface area contributed by atoms with E-state index < -0.39 is 0 Å². The Hall–Kier alpha value is -3.34. The predicted molar refractivity (Wildman–Crippen MR) is 127 cm³/mol. The highest BCUT2D eigenvalue weighted by molar-refractivity contribution is 5.99. The van der Waals surface area contributed by atoms with Gasteiger partial charge in [-0.1, -0.05) is 12.1 Å². The number of carbonyl (C=O) groups is 1. The van der Waals surface area contributed by atoms with E-state index in [1.807, 2.05) is 25.4 Å². The molecule has 31 heavy (non-hydrogen) atoms. The number of amides is 1. The summed E-state index contributed by atoms with van der Waals surface area (Å²) in [5.74, 6) is 0.822. The molecule has 2 aromatic carbocycles. The van der Waals surface area contributed by atoms with Crippen LogP contribution in [-0.2, 0) is 25.9 Å². The minimum atomic E-state index is -0.0283. The van der Waals surface area contributed by atoms with Gasteiger partial charge in [0.05, 0.1) is 0 Å². The number of nitrogens with one attached hydrogen (secondary N) is 2. The number of benzene rings is 2. The van der Waals surface area contributed by atoms with Gasteiger partial charge in [-0.05, 0) is 79.5 Å². The second-order valence-corrected chi connectivity index (χ2v) is 8.29. The van der Waals surface area contributed by atoms with Crippen molar-refractivity contribution in [2.75, 3.05) is 12.4 Å². The number of aryl methyl sites for hydroxylation is 2. The van der Waals surface area contributed by atoms with E-state index in [-0.39, 0.29) is 5.91 Å². The summed E-state index contributed by atoms with van der Waals surface area (Å²) in [7, 11) is 1.86. The Balaban J connectivity index is 1.37. The van der Waals surface area contributed by atoms with Gasteiger partial charge in [0.2, 0.25) is 0 Å². The molecular weight excluding hydrogens is 384 g/mol. The summed E-state index contributed by atoms with van der Waals surface area (Å²) in [6.45, 7) is 3.67. The summed E-state index contributed by atoms with van der Waals surface area (Å²) in [6.07, 6.45) is 6.62. The highest BCUT2D eigenvalue weighted by Gasteiger charge is 2.20. The molecule has 0 atom stereocenters. The van der Waals surface area contributed by atoms with Crippen molar-refractivity contribution in [2.45, 2.75) is 45.7 Å². The van der Waals surface area contributed by atoms with E-state index in [0.29, 0.717) is 6.54 Å². The number of hydrogen-bond acceptors (Lipinski definition) is 3. The molecule has 158 valence electrons. The molecular formula is C26H28N4O. The van der Waals surface area contributed by atoms with Gasteiger partial charge >= 0.3 is 0 Å². The van der Waals surface area contributed by atoms with E-state index in [9.17, 15) is 4.79 Å². The van der Waals surface area contributed by atoms with Crippen LogP contribution in [0.25, 0.3) is 21.7 Å². The van der Waals surface area contributed by atoms with Crippen LogP contribution in [0.1, 0.15) is 46.9 Å². The fourth-order valence-electron chi connectivity index (χ4n) is 4.86. The molecule has 2 heterocycles. The van der Waals surface area contributed by atoms with Crippen LogP contribution in [-0.4, -0.2) is 22.5 Å². The van der Waals surface area contributed by atoms with Gasteiger partial charge in [0.25, 0.3) is 5.91 Å². The minimum absolute atomic E-state index is 0.0283. The topological polar surface area (TPSA) is 59.0 Å². The summed E-state index contributed by atoms with van der Waals surface area (Å²) in [5, 5.41) is 9.60. The van der Waals surface area contributed by atoms with Gasteiger partial charge in [-0.2, -0.15) is 0 Å². The molecule has 0 saturated carbocycles. The van der Waals surface area contributed by atoms with Crippen LogP contribution in [0.4, 0.5) is 5.82 Å². The standard InChI is InChI=1S/C26H28N4O/c1-3-30-23-7-5-4-6-21(23)22-13-19(10-11-24(22)30)26(31)29-15-17-8-9-18-14-25(27-2)28-16-20(18)12-17/h8-14,16H,3-7,15H2,1-2H3,(H,27,28)(H,29,31). The van der Waals surface area contributed by atoms with Crippen molar-refractivity contribution in [1.82, 2.24) is 14.9 Å². The average molecular weight is 413 g/mol. The smallest absolute Gasteiger partial charge is 0.251 e. The monoisotopic (exact) mass is 412 g/mol. The number of fused-ring (bicyclic) bond motifs is 4. The third-order valence-corrected chi connectivity index (χ3v) is 6.45. The molecule has 2 aromatic heterocycles. The molecule has 0 saturated heterocycles. The zero-order valence-corrected chi connectivity index (χ0v) is 18.2. The molecule has 5 rings (SSSR count). The summed E-state index contributed by atoms with van der Waals surface area (Å²) in [6, 6.07) is 14.4. The first-order valence-corrected chi connectivity index (χ1v) is 11.2. The number of nitrogens with zero attached hydrogens (tertiary/aromatic N) is 2. The molecule has 5 heteroatoms. The number of carbonyl (C=O) groups excluding carboxylic acids is 1. The molecule has 0 unspecified atom stereocenters. The number of rotatable bonds is 5. The van der Waals surface area contributed by atoms with Crippen molar-refractivity contribution in [3.63, 3.8) is 0 Å². The minimum Gasteiger partial charge on any atom is -0.373 e. The van der Waals surface area contributed by atoms with Gasteiger partial charge in [0.1, 0.15) is 5.82 Å². The number of anilines is 1. The predicted octanol–water partition coefficient (Wildman–Crippen LogP) is 5.06. The maximum absolute atomic E-state index is 12.9. The maximum atomic E-state index is 12.9. The first-order chi connectivity index (χ1) is 15.2. The summed E-state index contributed by atoms with van der Waals surface area (Å²) >= 11 is 0. The molecule has 1 aliphatic rings. The molecule has 0 aliphatic heterocycles. The fourth-order valence-corrected chi connectivity index (χ4v) is 4.86. The van der Waals surface area contributed by atoms with Crippen molar-refractivity contribution >= 4 is 33.4 Å². The summed E-state index contributed by atoms with van der Waals surface area (Å²) in [5.41, 5.74) is 5.97. The van der Waals surface area contributed by atoms with Gasteiger partial charge in [-0.15, -0.1) is 0 Å². The molecule has 5 nitrogen and oxygen atoms in total. The lowest BCUT2D eigenvalue weighted by atomic mass is 9.95. The molecule has 1 amide bonds. The maximum Gasteiger partial charge on any atom is 0.251 e. The Morgan fingerprint density at radius 2 is 1.94 bits per heavy atom. The Morgan fingerprint density at radius 1 is 1.06 bits per heavy atom. The van der Waals surface area contributed by atoms with Crippen LogP contribution in [0.5, 0.6) is 0 Å². The average Bonchev–Trinajstić information content (AvgIpc) is 3.15. The molecule has 1 aliphatic carbocycles. The largest absolute Gasteiger partial charge is 0.373 e. The van der Waals surface area contributed by atoms with Crippen molar-refractivity contribution in [1.29, 1.82) is 0 Å². The molecule has 0 spiro atoms. The van der Waals surface area contributed by atoms with Crippen molar-refractivity contribution < 1.29 is 4.79 Å². The first-order valence-electron chi connectivity index (χ1n) is 11.2. The lowest BCUT2D eigenvalue weighted by molar-refractivity contribution is 0.0951. The molecule has 0 radical (unpaired) electrons. The van der Waals surface area contributed by atoms with Crippen LogP contribution in [0.15, 0.2) is 48.7 Å². The van der Waals surface area contributed by atoms with E-state index in [1.54, 1.807) is 0 Å². The molecule has 4 aromatic rings. The van der Waals surface area contributed by atoms with Crippen molar-refractivity contribution in [3.05, 3.63) is 71.0 Å². The highest BCUT2D eigenvalue weighted by atomic mass is 16.1. The zero-order valence-electron chi connectivity index (χ0n) is 18.2. The second kappa shape index (κ2) is 8.06. The van der Waals surface area contributed by atoms with E-state index in [1.165, 1.54) is 35.0 Å². The van der Waals surface area contributed by atoms with Crippen LogP contribution in [0.2, 0.25) is 0 Å². The third-order valence-electron chi connectivity index (χ3n) is 6.45. The molecule has 0 bridgehead atoms. The summed E-state index contributed by atoms with van der Waals surface area (Å²) in [4.78, 5) is 17.3. The van der Waals surface area contributed by atoms with Crippen molar-refractivity contribution in [2.24, 2.45) is 0 Å². The van der Waals surface area contributed by atoms with Crippen LogP contribution in [0, 0.1) is 0 Å². The normalized spacial score (nSPS) is 13.4. The second-order valence-electron chi connectivity index (χ2n) is 8.29. The van der Waals surface area contributed by atoms with Gasteiger partial charge < -0.3 is 15.2 Å². The zero-order chi connectivity index (χ0) is 21.4. The van der Waals surface area contributed by atoms with Crippen LogP contribution >= 0.6 is 0 Å². The lowest BCUT2D eigenvalue weighted by Crippen LogP contribution is -2.22. The Bertz CT molecular complexity index is 1290. The first kappa shape index (κ1) is 19.6. The molecule has 2 N–H and O–H groups in total. The quantitative estimate of drug-likeness (QED) is 0.482.